The Hall–Kier alpha value is -1.96. The van der Waals surface area contributed by atoms with E-state index in [1.54, 1.807) is 6.26 Å². The van der Waals surface area contributed by atoms with Crippen molar-refractivity contribution in [3.63, 3.8) is 0 Å². The van der Waals surface area contributed by atoms with Gasteiger partial charge in [0.25, 0.3) is 0 Å². The van der Waals surface area contributed by atoms with Crippen molar-refractivity contribution in [2.75, 3.05) is 26.4 Å². The van der Waals surface area contributed by atoms with Crippen LogP contribution in [0, 0.1) is 0 Å². The zero-order chi connectivity index (χ0) is 39.5. The maximum atomic E-state index is 12.5. The fourth-order valence-corrected chi connectivity index (χ4v) is 6.54. The minimum atomic E-state index is -4.31. The largest absolute Gasteiger partial charge is 0.498 e. The third kappa shape index (κ3) is 41.2. The molecule has 0 heterocycles. The summed E-state index contributed by atoms with van der Waals surface area (Å²) in [5.41, 5.74) is 5.36. The van der Waals surface area contributed by atoms with Gasteiger partial charge in [0, 0.05) is 13.0 Å². The molecule has 0 aromatic heterocycles. The Bertz CT molecular complexity index is 1010. The Morgan fingerprint density at radius 3 is 1.52 bits per heavy atom. The van der Waals surface area contributed by atoms with E-state index in [9.17, 15) is 14.3 Å². The van der Waals surface area contributed by atoms with Crippen molar-refractivity contribution in [1.29, 1.82) is 0 Å². The highest BCUT2D eigenvalue weighted by Gasteiger charge is 2.25. The molecular formula is C45H82NO7P. The molecule has 0 aromatic rings. The zero-order valence-corrected chi connectivity index (χ0v) is 35.6. The standard InChI is InChI=1S/C45H82NO7P/c1-3-5-7-9-11-13-15-17-19-21-23-25-27-29-31-33-35-37-40-50-42-44(43-52-54(48,49)51-41-39-46)53-45(47)38-36-34-32-30-28-26-24-22-20-18-16-14-12-10-8-6-4-2/h12,14,18,20,24,26,30,32,37,40,44H,3-11,13,15-17,19,21-23,25,27-29,31,33-36,38-39,41-43,46H2,1-2H3,(H,48,49)/b14-12+,20-18+,26-24+,32-30+,40-37+/t44-/m1/s1. The molecule has 9 heteroatoms. The molecule has 54 heavy (non-hydrogen) atoms. The number of hydrogen-bond donors (Lipinski definition) is 2. The first-order chi connectivity index (χ1) is 26.4. The zero-order valence-electron chi connectivity index (χ0n) is 34.7. The van der Waals surface area contributed by atoms with Gasteiger partial charge in [-0.2, -0.15) is 0 Å². The van der Waals surface area contributed by atoms with E-state index < -0.39 is 19.9 Å². The van der Waals surface area contributed by atoms with Crippen molar-refractivity contribution in [3.8, 4) is 0 Å². The Kier molecular flexibility index (Phi) is 40.7. The van der Waals surface area contributed by atoms with E-state index in [0.717, 1.165) is 38.5 Å². The lowest BCUT2D eigenvalue weighted by molar-refractivity contribution is -0.153. The fraction of sp³-hybridized carbons (Fsp3) is 0.756. The van der Waals surface area contributed by atoms with Gasteiger partial charge in [0.2, 0.25) is 0 Å². The molecule has 0 radical (unpaired) electrons. The van der Waals surface area contributed by atoms with Crippen LogP contribution in [-0.4, -0.2) is 43.3 Å². The molecular weight excluding hydrogens is 697 g/mol. The lowest BCUT2D eigenvalue weighted by Crippen LogP contribution is -2.27. The van der Waals surface area contributed by atoms with E-state index in [4.69, 9.17) is 24.3 Å². The molecule has 1 unspecified atom stereocenters. The minimum absolute atomic E-state index is 0.00919. The van der Waals surface area contributed by atoms with Crippen LogP contribution in [0.2, 0.25) is 0 Å². The van der Waals surface area contributed by atoms with Gasteiger partial charge in [-0.1, -0.05) is 172 Å². The van der Waals surface area contributed by atoms with Crippen LogP contribution in [0.15, 0.2) is 60.9 Å². The number of rotatable bonds is 41. The molecule has 2 atom stereocenters. The van der Waals surface area contributed by atoms with E-state index >= 15 is 0 Å². The molecule has 8 nitrogen and oxygen atoms in total. The number of carbonyl (C=O) groups excluding carboxylic acids is 1. The van der Waals surface area contributed by atoms with Crippen LogP contribution in [-0.2, 0) is 27.9 Å². The highest BCUT2D eigenvalue weighted by molar-refractivity contribution is 7.47. The maximum Gasteiger partial charge on any atom is 0.472 e. The highest BCUT2D eigenvalue weighted by Crippen LogP contribution is 2.43. The summed E-state index contributed by atoms with van der Waals surface area (Å²) >= 11 is 0. The molecule has 0 spiro atoms. The quantitative estimate of drug-likeness (QED) is 0.0207. The van der Waals surface area contributed by atoms with Gasteiger partial charge in [-0.3, -0.25) is 13.8 Å². The first kappa shape index (κ1) is 52.0. The predicted molar refractivity (Wildman–Crippen MR) is 228 cm³/mol. The molecule has 0 aromatic carbocycles. The number of hydrogen-bond acceptors (Lipinski definition) is 7. The Morgan fingerprint density at radius 2 is 1.00 bits per heavy atom. The van der Waals surface area contributed by atoms with Gasteiger partial charge in [-0.05, 0) is 63.9 Å². The average molecular weight is 780 g/mol. The molecule has 0 saturated carbocycles. The SMILES string of the molecule is CCCCC/C=C/C/C=C/C/C=C/C/C=C/CCCC(=O)O[C@H](CO/C=C/CCCCCCCCCCCCCCCCCC)COP(=O)(O)OCCN. The van der Waals surface area contributed by atoms with E-state index in [1.807, 2.05) is 6.08 Å². The minimum Gasteiger partial charge on any atom is -0.498 e. The summed E-state index contributed by atoms with van der Waals surface area (Å²) in [6.45, 7) is 4.15. The van der Waals surface area contributed by atoms with Crippen molar-refractivity contribution < 1.29 is 32.8 Å². The molecule has 3 N–H and O–H groups in total. The molecule has 0 aliphatic heterocycles. The van der Waals surface area contributed by atoms with Crippen LogP contribution >= 0.6 is 7.82 Å². The fourth-order valence-electron chi connectivity index (χ4n) is 5.78. The van der Waals surface area contributed by atoms with Crippen molar-refractivity contribution in [3.05, 3.63) is 60.9 Å². The molecule has 0 saturated heterocycles. The summed E-state index contributed by atoms with van der Waals surface area (Å²) in [7, 11) is -4.31. The van der Waals surface area contributed by atoms with Crippen LogP contribution in [0.5, 0.6) is 0 Å². The van der Waals surface area contributed by atoms with E-state index in [-0.39, 0.29) is 32.8 Å². The Morgan fingerprint density at radius 1 is 0.574 bits per heavy atom. The number of esters is 1. The lowest BCUT2D eigenvalue weighted by Gasteiger charge is -2.19. The summed E-state index contributed by atoms with van der Waals surface area (Å²) in [5.74, 6) is -0.407. The maximum absolute atomic E-state index is 12.5. The van der Waals surface area contributed by atoms with E-state index in [2.05, 4.69) is 62.5 Å². The van der Waals surface area contributed by atoms with Gasteiger partial charge < -0.3 is 20.1 Å². The van der Waals surface area contributed by atoms with Crippen LogP contribution in [0.1, 0.15) is 187 Å². The first-order valence-electron chi connectivity index (χ1n) is 21.8. The summed E-state index contributed by atoms with van der Waals surface area (Å²) in [6, 6.07) is 0. The van der Waals surface area contributed by atoms with Crippen LogP contribution in [0.3, 0.4) is 0 Å². The molecule has 0 bridgehead atoms. The first-order valence-corrected chi connectivity index (χ1v) is 23.3. The number of unbranched alkanes of at least 4 members (excludes halogenated alkanes) is 20. The van der Waals surface area contributed by atoms with Crippen LogP contribution < -0.4 is 5.73 Å². The van der Waals surface area contributed by atoms with Gasteiger partial charge in [-0.15, -0.1) is 0 Å². The Labute approximate surface area is 332 Å². The Balaban J connectivity index is 4.17. The second-order valence-electron chi connectivity index (χ2n) is 14.3. The normalized spacial score (nSPS) is 14.0. The van der Waals surface area contributed by atoms with Crippen molar-refractivity contribution in [2.24, 2.45) is 5.73 Å². The number of ether oxygens (including phenoxy) is 2. The van der Waals surface area contributed by atoms with Gasteiger partial charge in [0.05, 0.1) is 19.5 Å². The molecule has 0 amide bonds. The smallest absolute Gasteiger partial charge is 0.472 e. The molecule has 314 valence electrons. The molecule has 0 rings (SSSR count). The lowest BCUT2D eigenvalue weighted by atomic mass is 10.0. The van der Waals surface area contributed by atoms with Gasteiger partial charge in [-0.25, -0.2) is 4.57 Å². The summed E-state index contributed by atoms with van der Waals surface area (Å²) in [6.07, 6.45) is 52.0. The second-order valence-corrected chi connectivity index (χ2v) is 15.7. The molecule has 0 aliphatic rings. The van der Waals surface area contributed by atoms with Gasteiger partial charge in [0.15, 0.2) is 6.10 Å². The van der Waals surface area contributed by atoms with Crippen molar-refractivity contribution in [1.82, 2.24) is 0 Å². The monoisotopic (exact) mass is 780 g/mol. The second kappa shape index (κ2) is 42.2. The predicted octanol–water partition coefficient (Wildman–Crippen LogP) is 13.3. The van der Waals surface area contributed by atoms with E-state index in [1.165, 1.54) is 122 Å². The number of phosphoric acid groups is 1. The van der Waals surface area contributed by atoms with Gasteiger partial charge >= 0.3 is 13.8 Å². The average Bonchev–Trinajstić information content (AvgIpc) is 3.16. The van der Waals surface area contributed by atoms with E-state index in [0.29, 0.717) is 6.42 Å². The molecule has 0 fully saturated rings. The third-order valence-electron chi connectivity index (χ3n) is 9.00. The number of nitrogens with two attached hydrogens (primary N) is 1. The van der Waals surface area contributed by atoms with Crippen molar-refractivity contribution >= 4 is 13.8 Å². The topological polar surface area (TPSA) is 117 Å². The van der Waals surface area contributed by atoms with Crippen molar-refractivity contribution in [2.45, 2.75) is 193 Å². The number of carbonyl (C=O) groups is 1. The van der Waals surface area contributed by atoms with Crippen LogP contribution in [0.25, 0.3) is 0 Å². The number of phosphoric ester groups is 1. The third-order valence-corrected chi connectivity index (χ3v) is 9.99. The van der Waals surface area contributed by atoms with Gasteiger partial charge in [0.1, 0.15) is 6.61 Å². The highest BCUT2D eigenvalue weighted by atomic mass is 31.2. The summed E-state index contributed by atoms with van der Waals surface area (Å²) in [4.78, 5) is 22.4. The molecule has 0 aliphatic carbocycles. The summed E-state index contributed by atoms with van der Waals surface area (Å²) in [5, 5.41) is 0. The number of allylic oxidation sites excluding steroid dienone is 9. The van der Waals surface area contributed by atoms with Crippen LogP contribution in [0.4, 0.5) is 0 Å². The summed E-state index contributed by atoms with van der Waals surface area (Å²) < 4.78 is 33.1.